The molecule has 118 valence electrons. The quantitative estimate of drug-likeness (QED) is 0.561. The highest BCUT2D eigenvalue weighted by Crippen LogP contribution is 2.36. The van der Waals surface area contributed by atoms with Crippen LogP contribution >= 0.6 is 11.3 Å². The fraction of sp³-hybridized carbons (Fsp3) is 0.294. The summed E-state index contributed by atoms with van der Waals surface area (Å²) in [5, 5.41) is 0.764. The number of benzene rings is 1. The summed E-state index contributed by atoms with van der Waals surface area (Å²) in [7, 11) is 0. The van der Waals surface area contributed by atoms with E-state index in [1.165, 1.54) is 10.4 Å². The number of hydrogen-bond donors (Lipinski definition) is 2. The number of nitrogens with zero attached hydrogens (tertiary/aromatic N) is 2. The molecule has 0 saturated heterocycles. The first-order chi connectivity index (χ1) is 11.2. The van der Waals surface area contributed by atoms with E-state index in [-0.39, 0.29) is 5.56 Å². The van der Waals surface area contributed by atoms with Gasteiger partial charge in [-0.15, -0.1) is 11.3 Å². The second kappa shape index (κ2) is 5.47. The Morgan fingerprint density at radius 1 is 1.35 bits per heavy atom. The van der Waals surface area contributed by atoms with Gasteiger partial charge in [0, 0.05) is 4.88 Å². The van der Waals surface area contributed by atoms with Crippen LogP contribution in [-0.2, 0) is 12.8 Å². The molecule has 0 bridgehead atoms. The number of aryl methyl sites for hydroxylation is 1. The number of rotatable bonds is 2. The number of para-hydroxylation sites is 1. The van der Waals surface area contributed by atoms with Crippen molar-refractivity contribution in [3.8, 4) is 5.69 Å². The second-order valence-electron chi connectivity index (χ2n) is 6.09. The van der Waals surface area contributed by atoms with Gasteiger partial charge >= 0.3 is 0 Å². The molecule has 1 aromatic carbocycles. The van der Waals surface area contributed by atoms with Crippen molar-refractivity contribution >= 4 is 27.5 Å². The molecule has 1 unspecified atom stereocenters. The zero-order chi connectivity index (χ0) is 16.0. The van der Waals surface area contributed by atoms with Crippen LogP contribution in [-0.4, -0.2) is 9.55 Å². The van der Waals surface area contributed by atoms with Crippen LogP contribution in [0.5, 0.6) is 0 Å². The fourth-order valence-electron chi connectivity index (χ4n) is 3.30. The number of nitrogens with one attached hydrogen (secondary N) is 1. The third kappa shape index (κ3) is 2.26. The predicted octanol–water partition coefficient (Wildman–Crippen LogP) is 2.86. The van der Waals surface area contributed by atoms with Crippen LogP contribution in [0.1, 0.15) is 23.8 Å². The van der Waals surface area contributed by atoms with Crippen LogP contribution in [0.2, 0.25) is 0 Å². The molecule has 0 saturated carbocycles. The molecule has 0 aliphatic heterocycles. The van der Waals surface area contributed by atoms with Gasteiger partial charge in [-0.25, -0.2) is 15.4 Å². The summed E-state index contributed by atoms with van der Waals surface area (Å²) in [6, 6.07) is 9.49. The van der Waals surface area contributed by atoms with Gasteiger partial charge in [-0.1, -0.05) is 25.1 Å². The van der Waals surface area contributed by atoms with Gasteiger partial charge in [0.1, 0.15) is 4.83 Å². The van der Waals surface area contributed by atoms with Gasteiger partial charge in [-0.05, 0) is 42.9 Å². The molecule has 0 fully saturated rings. The number of nitrogen functional groups attached to an aromatic ring is 1. The Kier molecular flexibility index (Phi) is 3.43. The highest BCUT2D eigenvalue weighted by atomic mass is 32.1. The van der Waals surface area contributed by atoms with Crippen molar-refractivity contribution in [3.05, 3.63) is 51.1 Å². The molecule has 1 aliphatic rings. The molecule has 1 aliphatic carbocycles. The maximum atomic E-state index is 13.2. The molecule has 5 nitrogen and oxygen atoms in total. The first-order valence-corrected chi connectivity index (χ1v) is 8.60. The highest BCUT2D eigenvalue weighted by molar-refractivity contribution is 7.18. The zero-order valence-electron chi connectivity index (χ0n) is 12.9. The Morgan fingerprint density at radius 3 is 2.87 bits per heavy atom. The Balaban J connectivity index is 2.04. The summed E-state index contributed by atoms with van der Waals surface area (Å²) in [6.07, 6.45) is 3.12. The van der Waals surface area contributed by atoms with Crippen LogP contribution < -0.4 is 16.8 Å². The number of hydrogen-bond acceptors (Lipinski definition) is 5. The van der Waals surface area contributed by atoms with Crippen molar-refractivity contribution in [1.82, 2.24) is 9.55 Å². The smallest absolute Gasteiger partial charge is 0.268 e. The van der Waals surface area contributed by atoms with E-state index in [0.717, 1.165) is 35.2 Å². The number of anilines is 1. The van der Waals surface area contributed by atoms with E-state index in [1.807, 2.05) is 30.3 Å². The van der Waals surface area contributed by atoms with Crippen LogP contribution in [0.15, 0.2) is 35.1 Å². The lowest BCUT2D eigenvalue weighted by atomic mass is 9.89. The van der Waals surface area contributed by atoms with E-state index < -0.39 is 0 Å². The SMILES string of the molecule is CC1CCc2c(sc3nc(NN)n(-c4ccccc4)c(=O)c23)C1. The van der Waals surface area contributed by atoms with Crippen LogP contribution in [0.4, 0.5) is 5.95 Å². The summed E-state index contributed by atoms with van der Waals surface area (Å²) >= 11 is 1.63. The number of aromatic nitrogens is 2. The van der Waals surface area contributed by atoms with Crippen molar-refractivity contribution in [2.45, 2.75) is 26.2 Å². The molecule has 0 spiro atoms. The Morgan fingerprint density at radius 2 is 2.13 bits per heavy atom. The summed E-state index contributed by atoms with van der Waals surface area (Å²) in [5.74, 6) is 6.67. The Hall–Kier alpha value is -2.18. The fourth-order valence-corrected chi connectivity index (χ4v) is 4.68. The van der Waals surface area contributed by atoms with Gasteiger partial charge in [0.25, 0.3) is 5.56 Å². The van der Waals surface area contributed by atoms with Crippen molar-refractivity contribution in [2.75, 3.05) is 5.43 Å². The minimum Gasteiger partial charge on any atom is -0.293 e. The molecule has 0 radical (unpaired) electrons. The van der Waals surface area contributed by atoms with E-state index in [1.54, 1.807) is 15.9 Å². The molecule has 4 rings (SSSR count). The van der Waals surface area contributed by atoms with E-state index in [0.29, 0.717) is 11.9 Å². The summed E-state index contributed by atoms with van der Waals surface area (Å²) in [5.41, 5.74) is 4.49. The van der Waals surface area contributed by atoms with Gasteiger partial charge < -0.3 is 0 Å². The van der Waals surface area contributed by atoms with E-state index in [2.05, 4.69) is 17.3 Å². The first kappa shape index (κ1) is 14.4. The van der Waals surface area contributed by atoms with Crippen molar-refractivity contribution in [2.24, 2.45) is 11.8 Å². The lowest BCUT2D eigenvalue weighted by molar-refractivity contribution is 0.509. The predicted molar refractivity (Wildman–Crippen MR) is 94.2 cm³/mol. The van der Waals surface area contributed by atoms with Gasteiger partial charge in [0.05, 0.1) is 11.1 Å². The molecular weight excluding hydrogens is 308 g/mol. The number of thiophene rings is 1. The highest BCUT2D eigenvalue weighted by Gasteiger charge is 2.24. The topological polar surface area (TPSA) is 72.9 Å². The van der Waals surface area contributed by atoms with Crippen LogP contribution in [0.3, 0.4) is 0 Å². The van der Waals surface area contributed by atoms with Gasteiger partial charge in [-0.2, -0.15) is 0 Å². The number of hydrazine groups is 1. The maximum absolute atomic E-state index is 13.2. The largest absolute Gasteiger partial charge is 0.293 e. The average Bonchev–Trinajstić information content (AvgIpc) is 2.92. The number of nitrogens with two attached hydrogens (primary N) is 1. The molecule has 2 aromatic heterocycles. The van der Waals surface area contributed by atoms with Gasteiger partial charge in [0.15, 0.2) is 0 Å². The molecule has 23 heavy (non-hydrogen) atoms. The molecule has 1 atom stereocenters. The van der Waals surface area contributed by atoms with E-state index in [9.17, 15) is 4.79 Å². The minimum atomic E-state index is -0.0406. The summed E-state index contributed by atoms with van der Waals surface area (Å²) in [4.78, 5) is 19.9. The van der Waals surface area contributed by atoms with Crippen molar-refractivity contribution in [1.29, 1.82) is 0 Å². The lowest BCUT2D eigenvalue weighted by Crippen LogP contribution is -2.26. The number of fused-ring (bicyclic) bond motifs is 3. The van der Waals surface area contributed by atoms with E-state index in [4.69, 9.17) is 5.84 Å². The minimum absolute atomic E-state index is 0.0406. The second-order valence-corrected chi connectivity index (χ2v) is 7.17. The van der Waals surface area contributed by atoms with Gasteiger partial charge in [-0.3, -0.25) is 10.2 Å². The first-order valence-electron chi connectivity index (χ1n) is 7.78. The molecular formula is C17H18N4OS. The standard InChI is InChI=1S/C17H18N4OS/c1-10-7-8-12-13(9-10)23-15-14(12)16(22)21(17(19-15)20-18)11-5-3-2-4-6-11/h2-6,10H,7-9,18H2,1H3,(H,19,20). The van der Waals surface area contributed by atoms with Crippen molar-refractivity contribution in [3.63, 3.8) is 0 Å². The summed E-state index contributed by atoms with van der Waals surface area (Å²) in [6.45, 7) is 2.26. The third-order valence-corrected chi connectivity index (χ3v) is 5.62. The van der Waals surface area contributed by atoms with E-state index >= 15 is 0 Å². The van der Waals surface area contributed by atoms with Gasteiger partial charge in [0.2, 0.25) is 5.95 Å². The van der Waals surface area contributed by atoms with Crippen LogP contribution in [0, 0.1) is 5.92 Å². The molecule has 3 N–H and O–H groups in total. The third-order valence-electron chi connectivity index (χ3n) is 4.47. The normalized spacial score (nSPS) is 17.2. The molecule has 3 aromatic rings. The summed E-state index contributed by atoms with van der Waals surface area (Å²) < 4.78 is 1.56. The van der Waals surface area contributed by atoms with Crippen molar-refractivity contribution < 1.29 is 0 Å². The monoisotopic (exact) mass is 326 g/mol. The average molecular weight is 326 g/mol. The van der Waals surface area contributed by atoms with Crippen LogP contribution in [0.25, 0.3) is 15.9 Å². The Labute approximate surface area is 137 Å². The molecule has 6 heteroatoms. The lowest BCUT2D eigenvalue weighted by Gasteiger charge is -2.17. The molecule has 2 heterocycles. The molecule has 0 amide bonds. The zero-order valence-corrected chi connectivity index (χ0v) is 13.7. The maximum Gasteiger partial charge on any atom is 0.268 e. The Bertz CT molecular complexity index is 929.